The van der Waals surface area contributed by atoms with Crippen molar-refractivity contribution >= 4 is 11.8 Å². The van der Waals surface area contributed by atoms with Crippen LogP contribution in [-0.2, 0) is 12.6 Å². The molecule has 2 fully saturated rings. The van der Waals surface area contributed by atoms with Gasteiger partial charge in [-0.1, -0.05) is 19.1 Å². The monoisotopic (exact) mass is 528 g/mol. The van der Waals surface area contributed by atoms with Gasteiger partial charge in [-0.25, -0.2) is 0 Å². The van der Waals surface area contributed by atoms with Gasteiger partial charge >= 0.3 is 6.18 Å². The van der Waals surface area contributed by atoms with Crippen LogP contribution in [0.5, 0.6) is 0 Å². The summed E-state index contributed by atoms with van der Waals surface area (Å²) in [5, 5.41) is 16.9. The van der Waals surface area contributed by atoms with E-state index in [1.54, 1.807) is 17.0 Å². The van der Waals surface area contributed by atoms with E-state index in [1.807, 2.05) is 6.92 Å². The summed E-state index contributed by atoms with van der Waals surface area (Å²) in [5.41, 5.74) is 1.63. The van der Waals surface area contributed by atoms with E-state index >= 15 is 0 Å². The van der Waals surface area contributed by atoms with E-state index in [0.717, 1.165) is 62.8 Å². The van der Waals surface area contributed by atoms with Crippen molar-refractivity contribution in [2.75, 3.05) is 13.1 Å². The van der Waals surface area contributed by atoms with Gasteiger partial charge in [-0.15, -0.1) is 0 Å². The molecule has 0 bridgehead atoms. The van der Waals surface area contributed by atoms with Crippen molar-refractivity contribution in [1.82, 2.24) is 30.6 Å². The van der Waals surface area contributed by atoms with Crippen LogP contribution in [0, 0.1) is 5.41 Å². The number of H-pyrrole nitrogens is 2. The highest BCUT2D eigenvalue weighted by Gasteiger charge is 2.40. The maximum Gasteiger partial charge on any atom is 0.416 e. The normalized spacial score (nSPS) is 18.1. The van der Waals surface area contributed by atoms with Gasteiger partial charge in [0.25, 0.3) is 11.8 Å². The van der Waals surface area contributed by atoms with E-state index in [-0.39, 0.29) is 29.0 Å². The number of likely N-dealkylation sites (tertiary alicyclic amines) is 1. The topological polar surface area (TPSA) is 107 Å². The van der Waals surface area contributed by atoms with E-state index in [2.05, 4.69) is 25.7 Å². The van der Waals surface area contributed by atoms with Gasteiger partial charge in [-0.3, -0.25) is 19.8 Å². The second kappa shape index (κ2) is 10.3. The predicted molar refractivity (Wildman–Crippen MR) is 134 cm³/mol. The lowest BCUT2D eigenvalue weighted by molar-refractivity contribution is -0.137. The average Bonchev–Trinajstić information content (AvgIpc) is 3.60. The highest BCUT2D eigenvalue weighted by molar-refractivity contribution is 5.93. The zero-order valence-electron chi connectivity index (χ0n) is 21.2. The number of aryl methyl sites for hydroxylation is 1. The molecule has 3 N–H and O–H groups in total. The number of hydrogen-bond donors (Lipinski definition) is 3. The van der Waals surface area contributed by atoms with Crippen LogP contribution in [-0.4, -0.2) is 56.2 Å². The van der Waals surface area contributed by atoms with Gasteiger partial charge in [-0.2, -0.15) is 23.4 Å². The number of halogens is 3. The summed E-state index contributed by atoms with van der Waals surface area (Å²) < 4.78 is 39.2. The third-order valence-corrected chi connectivity index (χ3v) is 8.03. The third kappa shape index (κ3) is 5.46. The van der Waals surface area contributed by atoms with Crippen molar-refractivity contribution in [2.45, 2.75) is 64.1 Å². The molecule has 2 aliphatic rings. The summed E-state index contributed by atoms with van der Waals surface area (Å²) in [7, 11) is 0. The Hall–Kier alpha value is -3.63. The Bertz CT molecular complexity index is 1300. The largest absolute Gasteiger partial charge is 0.416 e. The number of piperidine rings is 1. The minimum absolute atomic E-state index is 0.119. The lowest BCUT2D eigenvalue weighted by Crippen LogP contribution is -2.47. The van der Waals surface area contributed by atoms with Crippen LogP contribution in [0.25, 0.3) is 11.3 Å². The van der Waals surface area contributed by atoms with Crippen LogP contribution in [0.15, 0.2) is 36.4 Å². The molecule has 1 spiro atoms. The molecule has 1 saturated carbocycles. The van der Waals surface area contributed by atoms with E-state index in [4.69, 9.17) is 0 Å². The van der Waals surface area contributed by atoms with Crippen molar-refractivity contribution in [3.63, 3.8) is 0 Å². The fraction of sp³-hybridized carbons (Fsp3) is 0.481. The third-order valence-electron chi connectivity index (χ3n) is 8.03. The second-order valence-electron chi connectivity index (χ2n) is 10.4. The van der Waals surface area contributed by atoms with Crippen LogP contribution in [0.4, 0.5) is 13.2 Å². The fourth-order valence-electron chi connectivity index (χ4n) is 5.58. The van der Waals surface area contributed by atoms with Crippen molar-refractivity contribution in [2.24, 2.45) is 5.41 Å². The highest BCUT2D eigenvalue weighted by Crippen LogP contribution is 2.45. The smallest absolute Gasteiger partial charge is 0.348 e. The molecule has 2 aromatic heterocycles. The van der Waals surface area contributed by atoms with Crippen molar-refractivity contribution in [1.29, 1.82) is 0 Å². The molecule has 0 unspecified atom stereocenters. The van der Waals surface area contributed by atoms with Crippen LogP contribution in [0.3, 0.4) is 0 Å². The average molecular weight is 529 g/mol. The van der Waals surface area contributed by atoms with E-state index in [9.17, 15) is 22.8 Å². The molecule has 3 aromatic rings. The second-order valence-corrected chi connectivity index (χ2v) is 10.4. The Morgan fingerprint density at radius 3 is 2.45 bits per heavy atom. The molecular weight excluding hydrogens is 497 g/mol. The molecule has 38 heavy (non-hydrogen) atoms. The summed E-state index contributed by atoms with van der Waals surface area (Å²) in [4.78, 5) is 27.4. The quantitative estimate of drug-likeness (QED) is 0.434. The summed E-state index contributed by atoms with van der Waals surface area (Å²) in [5.74, 6) is -0.344. The Morgan fingerprint density at radius 1 is 1.05 bits per heavy atom. The van der Waals surface area contributed by atoms with Crippen LogP contribution >= 0.6 is 0 Å². The first-order chi connectivity index (χ1) is 18.2. The Kier molecular flexibility index (Phi) is 7.02. The first-order valence-corrected chi connectivity index (χ1v) is 13.0. The lowest BCUT2D eigenvalue weighted by Gasteiger charge is -2.46. The highest BCUT2D eigenvalue weighted by atomic mass is 19.4. The number of carbonyl (C=O) groups is 2. The van der Waals surface area contributed by atoms with Crippen LogP contribution in [0.1, 0.15) is 77.7 Å². The minimum atomic E-state index is -4.45. The molecule has 1 aliphatic heterocycles. The zero-order chi connectivity index (χ0) is 26.9. The minimum Gasteiger partial charge on any atom is -0.348 e. The molecule has 1 aliphatic carbocycles. The van der Waals surface area contributed by atoms with Gasteiger partial charge in [-0.05, 0) is 74.6 Å². The molecule has 2 amide bonds. The number of benzene rings is 1. The molecule has 11 heteroatoms. The lowest BCUT2D eigenvalue weighted by atomic mass is 9.67. The first-order valence-electron chi connectivity index (χ1n) is 13.0. The first kappa shape index (κ1) is 26.0. The van der Waals surface area contributed by atoms with E-state index in [0.29, 0.717) is 30.0 Å². The standard InChI is InChI=1S/C27H31F3N6O2/c1-2-19-15-22(34-32-19)24(37)31-20-6-8-26(9-7-20)10-12-36(13-11-26)25(38)23-16-21(33-35-23)17-4-3-5-18(14-17)27(28,29)30/h3-5,14-16,20H,2,6-13H2,1H3,(H,31,37)(H,32,34)(H,33,35). The Balaban J connectivity index is 1.14. The predicted octanol–water partition coefficient (Wildman–Crippen LogP) is 4.98. The maximum atomic E-state index is 13.1. The summed E-state index contributed by atoms with van der Waals surface area (Å²) in [6.07, 6.45) is 1.88. The number of rotatable bonds is 5. The number of nitrogens with zero attached hydrogens (tertiary/aromatic N) is 3. The summed E-state index contributed by atoms with van der Waals surface area (Å²) >= 11 is 0. The number of carbonyl (C=O) groups excluding carboxylic acids is 2. The number of hydrogen-bond acceptors (Lipinski definition) is 4. The Labute approximate surface area is 218 Å². The molecule has 1 aromatic carbocycles. The van der Waals surface area contributed by atoms with Crippen LogP contribution < -0.4 is 5.32 Å². The fourth-order valence-corrected chi connectivity index (χ4v) is 5.58. The molecule has 3 heterocycles. The van der Waals surface area contributed by atoms with Crippen LogP contribution in [0.2, 0.25) is 0 Å². The van der Waals surface area contributed by atoms with Crippen molar-refractivity contribution in [3.8, 4) is 11.3 Å². The molecule has 0 radical (unpaired) electrons. The molecule has 0 atom stereocenters. The summed E-state index contributed by atoms with van der Waals surface area (Å²) in [6, 6.07) is 8.33. The molecule has 5 rings (SSSR count). The van der Waals surface area contributed by atoms with Crippen molar-refractivity contribution in [3.05, 3.63) is 59.0 Å². The maximum absolute atomic E-state index is 13.1. The SMILES string of the molecule is CCc1cc(C(=O)NC2CCC3(CC2)CCN(C(=O)c2cc(-c4cccc(C(F)(F)F)c4)n[nH]2)CC3)n[nH]1. The molecular formula is C27H31F3N6O2. The molecule has 8 nitrogen and oxygen atoms in total. The summed E-state index contributed by atoms with van der Waals surface area (Å²) in [6.45, 7) is 3.23. The van der Waals surface area contributed by atoms with Gasteiger partial charge in [0.05, 0.1) is 11.3 Å². The number of amides is 2. The van der Waals surface area contributed by atoms with Gasteiger partial charge in [0.1, 0.15) is 11.4 Å². The van der Waals surface area contributed by atoms with Crippen molar-refractivity contribution < 1.29 is 22.8 Å². The van der Waals surface area contributed by atoms with Gasteiger partial charge < -0.3 is 10.2 Å². The van der Waals surface area contributed by atoms with E-state index in [1.165, 1.54) is 12.1 Å². The van der Waals surface area contributed by atoms with E-state index < -0.39 is 11.7 Å². The number of aromatic amines is 2. The zero-order valence-corrected chi connectivity index (χ0v) is 21.2. The Morgan fingerprint density at radius 2 is 1.79 bits per heavy atom. The number of alkyl halides is 3. The molecule has 202 valence electrons. The van der Waals surface area contributed by atoms with Gasteiger partial charge in [0, 0.05) is 30.4 Å². The number of nitrogens with one attached hydrogen (secondary N) is 3. The molecule has 1 saturated heterocycles. The number of aromatic nitrogens is 4. The van der Waals surface area contributed by atoms with Gasteiger partial charge in [0.15, 0.2) is 0 Å². The van der Waals surface area contributed by atoms with Gasteiger partial charge in [0.2, 0.25) is 0 Å².